The van der Waals surface area contributed by atoms with Gasteiger partial charge in [-0.25, -0.2) is 4.98 Å². The summed E-state index contributed by atoms with van der Waals surface area (Å²) in [7, 11) is 1.34. The molecular weight excluding hydrogens is 386 g/mol. The summed E-state index contributed by atoms with van der Waals surface area (Å²) >= 11 is 1.59. The number of amides is 1. The van der Waals surface area contributed by atoms with E-state index in [1.54, 1.807) is 16.2 Å². The van der Waals surface area contributed by atoms with Crippen LogP contribution in [0.5, 0.6) is 0 Å². The highest BCUT2D eigenvalue weighted by molar-refractivity contribution is 7.09. The van der Waals surface area contributed by atoms with Crippen molar-refractivity contribution in [2.75, 3.05) is 25.5 Å². The molecule has 150 valence electrons. The molecule has 1 amide bonds. The van der Waals surface area contributed by atoms with Gasteiger partial charge < -0.3 is 10.1 Å². The number of benzene rings is 2. The highest BCUT2D eigenvalue weighted by Crippen LogP contribution is 2.24. The quantitative estimate of drug-likeness (QED) is 0.574. The Balaban J connectivity index is 1.67. The average Bonchev–Trinajstić information content (AvgIpc) is 3.15. The summed E-state index contributed by atoms with van der Waals surface area (Å²) in [6, 6.07) is 17.3. The zero-order valence-corrected chi connectivity index (χ0v) is 17.2. The number of nitrogens with zero attached hydrogens (tertiary/aromatic N) is 2. The van der Waals surface area contributed by atoms with E-state index < -0.39 is 0 Å². The minimum atomic E-state index is -0.380. The standard InChI is InChI=1S/C22H23N3O3S/c1-16-23-20(15-29-16)18-9-6-10-19(11-18)24-21(26)13-25(14-22(27)28-2)12-17-7-4-3-5-8-17/h3-11,15H,12-14H2,1-2H3,(H,24,26). The van der Waals surface area contributed by atoms with Crippen LogP contribution in [0.15, 0.2) is 60.0 Å². The topological polar surface area (TPSA) is 71.5 Å². The Hall–Kier alpha value is -3.03. The van der Waals surface area contributed by atoms with Crippen LogP contribution in [0.25, 0.3) is 11.3 Å². The third-order valence-corrected chi connectivity index (χ3v) is 5.03. The van der Waals surface area contributed by atoms with Gasteiger partial charge >= 0.3 is 5.97 Å². The first-order valence-electron chi connectivity index (χ1n) is 9.19. The fourth-order valence-corrected chi connectivity index (χ4v) is 3.53. The van der Waals surface area contributed by atoms with E-state index in [-0.39, 0.29) is 25.0 Å². The second-order valence-corrected chi connectivity index (χ2v) is 7.65. The minimum Gasteiger partial charge on any atom is -0.468 e. The molecule has 0 fully saturated rings. The Morgan fingerprint density at radius 2 is 1.90 bits per heavy atom. The lowest BCUT2D eigenvalue weighted by Gasteiger charge is -2.20. The van der Waals surface area contributed by atoms with E-state index in [0.717, 1.165) is 21.8 Å². The van der Waals surface area contributed by atoms with E-state index in [9.17, 15) is 9.59 Å². The number of carbonyl (C=O) groups is 2. The van der Waals surface area contributed by atoms with Crippen molar-refractivity contribution in [2.24, 2.45) is 0 Å². The summed E-state index contributed by atoms with van der Waals surface area (Å²) in [5.41, 5.74) is 3.55. The normalized spacial score (nSPS) is 10.7. The molecule has 0 aliphatic rings. The fraction of sp³-hybridized carbons (Fsp3) is 0.227. The van der Waals surface area contributed by atoms with Gasteiger partial charge in [0, 0.05) is 23.2 Å². The van der Waals surface area contributed by atoms with Gasteiger partial charge in [-0.3, -0.25) is 14.5 Å². The lowest BCUT2D eigenvalue weighted by Crippen LogP contribution is -2.37. The van der Waals surface area contributed by atoms with Crippen LogP contribution in [0.1, 0.15) is 10.6 Å². The molecule has 0 aliphatic heterocycles. The van der Waals surface area contributed by atoms with E-state index in [1.807, 2.05) is 66.9 Å². The Bertz CT molecular complexity index is 972. The number of rotatable bonds is 8. The van der Waals surface area contributed by atoms with Crippen LogP contribution >= 0.6 is 11.3 Å². The van der Waals surface area contributed by atoms with Crippen LogP contribution in [0.2, 0.25) is 0 Å². The van der Waals surface area contributed by atoms with E-state index >= 15 is 0 Å². The highest BCUT2D eigenvalue weighted by atomic mass is 32.1. The number of thiazole rings is 1. The van der Waals surface area contributed by atoms with Gasteiger partial charge in [0.25, 0.3) is 0 Å². The van der Waals surface area contributed by atoms with Crippen molar-refractivity contribution in [2.45, 2.75) is 13.5 Å². The average molecular weight is 410 g/mol. The van der Waals surface area contributed by atoms with E-state index in [4.69, 9.17) is 4.74 Å². The maximum atomic E-state index is 12.6. The molecule has 3 rings (SSSR count). The molecular formula is C22H23N3O3S. The Morgan fingerprint density at radius 1 is 1.10 bits per heavy atom. The van der Waals surface area contributed by atoms with Gasteiger partial charge in [0.15, 0.2) is 0 Å². The first-order valence-corrected chi connectivity index (χ1v) is 10.1. The first kappa shape index (κ1) is 20.7. The highest BCUT2D eigenvalue weighted by Gasteiger charge is 2.16. The van der Waals surface area contributed by atoms with Crippen molar-refractivity contribution in [3.8, 4) is 11.3 Å². The molecule has 1 heterocycles. The van der Waals surface area contributed by atoms with Gasteiger partial charge in [-0.1, -0.05) is 42.5 Å². The van der Waals surface area contributed by atoms with Crippen LogP contribution in [0.3, 0.4) is 0 Å². The number of esters is 1. The Labute approximate surface area is 174 Å². The molecule has 0 bridgehead atoms. The van der Waals surface area contributed by atoms with E-state index in [2.05, 4.69) is 10.3 Å². The molecule has 29 heavy (non-hydrogen) atoms. The number of methoxy groups -OCH3 is 1. The van der Waals surface area contributed by atoms with Crippen molar-refractivity contribution in [3.05, 3.63) is 70.5 Å². The lowest BCUT2D eigenvalue weighted by atomic mass is 10.1. The molecule has 7 heteroatoms. The molecule has 6 nitrogen and oxygen atoms in total. The second kappa shape index (κ2) is 9.95. The first-order chi connectivity index (χ1) is 14.0. The van der Waals surface area contributed by atoms with Gasteiger partial charge in [-0.05, 0) is 24.6 Å². The molecule has 0 unspecified atom stereocenters. The molecule has 3 aromatic rings. The molecule has 0 saturated carbocycles. The summed E-state index contributed by atoms with van der Waals surface area (Å²) in [6.45, 7) is 2.55. The number of hydrogen-bond donors (Lipinski definition) is 1. The third-order valence-electron chi connectivity index (χ3n) is 4.26. The number of hydrogen-bond acceptors (Lipinski definition) is 6. The number of aromatic nitrogens is 1. The van der Waals surface area contributed by atoms with Crippen molar-refractivity contribution in [3.63, 3.8) is 0 Å². The SMILES string of the molecule is COC(=O)CN(CC(=O)Nc1cccc(-c2csc(C)n2)c1)Cc1ccccc1. The number of carbonyl (C=O) groups excluding carboxylic acids is 2. The molecule has 0 aliphatic carbocycles. The Morgan fingerprint density at radius 3 is 2.59 bits per heavy atom. The largest absolute Gasteiger partial charge is 0.468 e. The van der Waals surface area contributed by atoms with Gasteiger partial charge in [0.1, 0.15) is 0 Å². The van der Waals surface area contributed by atoms with Gasteiger partial charge in [0.05, 0.1) is 30.9 Å². The summed E-state index contributed by atoms with van der Waals surface area (Å²) in [4.78, 5) is 30.6. The van der Waals surface area contributed by atoms with E-state index in [1.165, 1.54) is 7.11 Å². The molecule has 2 aromatic carbocycles. The predicted octanol–water partition coefficient (Wildman–Crippen LogP) is 3.73. The van der Waals surface area contributed by atoms with Crippen molar-refractivity contribution >= 4 is 28.9 Å². The second-order valence-electron chi connectivity index (χ2n) is 6.59. The zero-order chi connectivity index (χ0) is 20.6. The predicted molar refractivity (Wildman–Crippen MR) is 115 cm³/mol. The number of nitrogens with one attached hydrogen (secondary N) is 1. The van der Waals surface area contributed by atoms with Crippen LogP contribution < -0.4 is 5.32 Å². The summed E-state index contributed by atoms with van der Waals surface area (Å²) in [5, 5.41) is 5.90. The van der Waals surface area contributed by atoms with Gasteiger partial charge in [-0.2, -0.15) is 0 Å². The summed E-state index contributed by atoms with van der Waals surface area (Å²) < 4.78 is 4.77. The maximum absolute atomic E-state index is 12.6. The fourth-order valence-electron chi connectivity index (χ4n) is 2.91. The molecule has 0 atom stereocenters. The molecule has 1 aromatic heterocycles. The van der Waals surface area contributed by atoms with Gasteiger partial charge in [0.2, 0.25) is 5.91 Å². The number of anilines is 1. The minimum absolute atomic E-state index is 0.0386. The van der Waals surface area contributed by atoms with Crippen LogP contribution in [0.4, 0.5) is 5.69 Å². The third kappa shape index (κ3) is 6.23. The van der Waals surface area contributed by atoms with E-state index in [0.29, 0.717) is 12.2 Å². The van der Waals surface area contributed by atoms with Crippen LogP contribution in [-0.2, 0) is 20.9 Å². The van der Waals surface area contributed by atoms with Crippen molar-refractivity contribution in [1.29, 1.82) is 0 Å². The zero-order valence-electron chi connectivity index (χ0n) is 16.4. The maximum Gasteiger partial charge on any atom is 0.319 e. The molecule has 0 spiro atoms. The lowest BCUT2D eigenvalue weighted by molar-refractivity contribution is -0.142. The summed E-state index contributed by atoms with van der Waals surface area (Å²) in [5.74, 6) is -0.578. The van der Waals surface area contributed by atoms with Crippen LogP contribution in [-0.4, -0.2) is 42.0 Å². The van der Waals surface area contributed by atoms with Crippen molar-refractivity contribution in [1.82, 2.24) is 9.88 Å². The number of ether oxygens (including phenoxy) is 1. The van der Waals surface area contributed by atoms with Crippen LogP contribution in [0, 0.1) is 6.92 Å². The molecule has 0 radical (unpaired) electrons. The van der Waals surface area contributed by atoms with Gasteiger partial charge in [-0.15, -0.1) is 11.3 Å². The Kier molecular flexibility index (Phi) is 7.10. The monoisotopic (exact) mass is 409 g/mol. The van der Waals surface area contributed by atoms with Crippen molar-refractivity contribution < 1.29 is 14.3 Å². The molecule has 0 saturated heterocycles. The number of aryl methyl sites for hydroxylation is 1. The summed E-state index contributed by atoms with van der Waals surface area (Å²) in [6.07, 6.45) is 0. The smallest absolute Gasteiger partial charge is 0.319 e. The molecule has 1 N–H and O–H groups in total.